The second kappa shape index (κ2) is 6.06. The summed E-state index contributed by atoms with van der Waals surface area (Å²) in [5.74, 6) is 0.473. The van der Waals surface area contributed by atoms with Crippen molar-refractivity contribution in [2.24, 2.45) is 5.92 Å². The van der Waals surface area contributed by atoms with Gasteiger partial charge in [0.05, 0.1) is 19.1 Å². The van der Waals surface area contributed by atoms with E-state index in [1.807, 2.05) is 35.2 Å². The van der Waals surface area contributed by atoms with E-state index in [-0.39, 0.29) is 17.9 Å². The van der Waals surface area contributed by atoms with Crippen molar-refractivity contribution in [2.75, 3.05) is 32.7 Å². The average Bonchev–Trinajstić information content (AvgIpc) is 2.56. The molecule has 0 radical (unpaired) electrons. The minimum absolute atomic E-state index is 0.0177. The van der Waals surface area contributed by atoms with E-state index in [9.17, 15) is 9.59 Å². The van der Waals surface area contributed by atoms with Crippen LogP contribution in [0.1, 0.15) is 18.4 Å². The molecule has 122 valence electrons. The van der Waals surface area contributed by atoms with Crippen molar-refractivity contribution in [3.8, 4) is 0 Å². The van der Waals surface area contributed by atoms with Crippen molar-refractivity contribution in [3.63, 3.8) is 0 Å². The molecule has 4 heterocycles. The number of nitrogens with zero attached hydrogens (tertiary/aromatic N) is 3. The maximum atomic E-state index is 12.6. The highest BCUT2D eigenvalue weighted by atomic mass is 16.2. The Bertz CT molecular complexity index is 578. The van der Waals surface area contributed by atoms with Gasteiger partial charge in [0.25, 0.3) is 0 Å². The van der Waals surface area contributed by atoms with E-state index in [0.29, 0.717) is 25.6 Å². The first-order valence-corrected chi connectivity index (χ1v) is 8.54. The minimum Gasteiger partial charge on any atom is -0.301 e. The third kappa shape index (κ3) is 2.91. The Morgan fingerprint density at radius 2 is 1.61 bits per heavy atom. The van der Waals surface area contributed by atoms with Crippen LogP contribution in [0.4, 0.5) is 0 Å². The molecule has 2 amide bonds. The molecular weight excluding hydrogens is 290 g/mol. The summed E-state index contributed by atoms with van der Waals surface area (Å²) in [4.78, 5) is 31.2. The Morgan fingerprint density at radius 1 is 0.957 bits per heavy atom. The summed E-state index contributed by atoms with van der Waals surface area (Å²) >= 11 is 0. The van der Waals surface area contributed by atoms with Crippen molar-refractivity contribution >= 4 is 11.8 Å². The number of rotatable bonds is 3. The number of imide groups is 1. The van der Waals surface area contributed by atoms with Crippen LogP contribution in [-0.2, 0) is 16.1 Å². The van der Waals surface area contributed by atoms with E-state index < -0.39 is 0 Å². The number of piperazine rings is 1. The van der Waals surface area contributed by atoms with Gasteiger partial charge in [-0.15, -0.1) is 0 Å². The molecule has 1 aromatic carbocycles. The van der Waals surface area contributed by atoms with Gasteiger partial charge in [0.15, 0.2) is 0 Å². The summed E-state index contributed by atoms with van der Waals surface area (Å²) < 4.78 is 0. The number of piperidine rings is 3. The first kappa shape index (κ1) is 14.8. The van der Waals surface area contributed by atoms with Gasteiger partial charge in [-0.25, -0.2) is 0 Å². The number of hydrogen-bond acceptors (Lipinski definition) is 4. The molecule has 4 saturated heterocycles. The molecule has 0 unspecified atom stereocenters. The molecular formula is C18H23N3O2. The van der Waals surface area contributed by atoms with Gasteiger partial charge in [0, 0.05) is 13.1 Å². The van der Waals surface area contributed by atoms with E-state index in [4.69, 9.17) is 0 Å². The number of carbonyl (C=O) groups is 2. The third-order valence-electron chi connectivity index (χ3n) is 5.46. The van der Waals surface area contributed by atoms with E-state index in [1.165, 1.54) is 0 Å². The highest BCUT2D eigenvalue weighted by Crippen LogP contribution is 2.32. The maximum Gasteiger partial charge on any atom is 0.243 e. The van der Waals surface area contributed by atoms with Crippen molar-refractivity contribution in [1.82, 2.24) is 14.7 Å². The van der Waals surface area contributed by atoms with Crippen LogP contribution in [0.25, 0.3) is 0 Å². The van der Waals surface area contributed by atoms with E-state index >= 15 is 0 Å². The van der Waals surface area contributed by atoms with Gasteiger partial charge < -0.3 is 4.90 Å². The second-order valence-electron chi connectivity index (χ2n) is 6.99. The van der Waals surface area contributed by atoms with Crippen LogP contribution in [-0.4, -0.2) is 65.3 Å². The molecule has 4 aliphatic heterocycles. The number of fused-ring (bicyclic) bond motifs is 3. The van der Waals surface area contributed by atoms with Crippen molar-refractivity contribution in [3.05, 3.63) is 35.9 Å². The lowest BCUT2D eigenvalue weighted by Gasteiger charge is -2.49. The molecule has 5 heteroatoms. The van der Waals surface area contributed by atoms with Gasteiger partial charge in [-0.05, 0) is 37.4 Å². The summed E-state index contributed by atoms with van der Waals surface area (Å²) in [6, 6.07) is 10.1. The molecule has 4 fully saturated rings. The second-order valence-corrected chi connectivity index (χ2v) is 6.99. The molecule has 1 atom stereocenters. The van der Waals surface area contributed by atoms with Crippen LogP contribution < -0.4 is 0 Å². The molecule has 0 saturated carbocycles. The highest BCUT2D eigenvalue weighted by molar-refractivity contribution is 5.99. The predicted molar refractivity (Wildman–Crippen MR) is 86.5 cm³/mol. The van der Waals surface area contributed by atoms with Crippen molar-refractivity contribution < 1.29 is 9.59 Å². The van der Waals surface area contributed by atoms with E-state index in [0.717, 1.165) is 38.0 Å². The molecule has 5 rings (SSSR count). The lowest BCUT2D eigenvalue weighted by Crippen LogP contribution is -2.64. The largest absolute Gasteiger partial charge is 0.301 e. The Hall–Kier alpha value is -1.72. The quantitative estimate of drug-likeness (QED) is 0.780. The van der Waals surface area contributed by atoms with Gasteiger partial charge in [-0.3, -0.25) is 19.4 Å². The summed E-state index contributed by atoms with van der Waals surface area (Å²) in [6.45, 7) is 4.48. The van der Waals surface area contributed by atoms with Gasteiger partial charge in [-0.2, -0.15) is 0 Å². The smallest absolute Gasteiger partial charge is 0.243 e. The van der Waals surface area contributed by atoms with Crippen LogP contribution in [0.3, 0.4) is 0 Å². The molecule has 0 N–H and O–H groups in total. The van der Waals surface area contributed by atoms with Crippen molar-refractivity contribution in [2.45, 2.75) is 25.4 Å². The Kier molecular flexibility index (Phi) is 3.91. The maximum absolute atomic E-state index is 12.6. The highest BCUT2D eigenvalue weighted by Gasteiger charge is 2.44. The lowest BCUT2D eigenvalue weighted by molar-refractivity contribution is -0.159. The van der Waals surface area contributed by atoms with Gasteiger partial charge in [0.1, 0.15) is 0 Å². The number of hydrogen-bond donors (Lipinski definition) is 0. The summed E-state index contributed by atoms with van der Waals surface area (Å²) in [5.41, 5.74) is 1.14. The summed E-state index contributed by atoms with van der Waals surface area (Å²) in [5, 5.41) is 0. The zero-order valence-electron chi connectivity index (χ0n) is 13.4. The van der Waals surface area contributed by atoms with Crippen LogP contribution in [0.2, 0.25) is 0 Å². The van der Waals surface area contributed by atoms with Crippen LogP contribution in [0.15, 0.2) is 30.3 Å². The number of amides is 2. The SMILES string of the molecule is O=C1CN(Cc2ccccc2)CC(=O)N1[C@@H]1CN2CCC1CC2. The summed E-state index contributed by atoms with van der Waals surface area (Å²) in [7, 11) is 0. The summed E-state index contributed by atoms with van der Waals surface area (Å²) in [6.07, 6.45) is 2.24. The Labute approximate surface area is 136 Å². The molecule has 23 heavy (non-hydrogen) atoms. The van der Waals surface area contributed by atoms with Crippen LogP contribution in [0.5, 0.6) is 0 Å². The first-order valence-electron chi connectivity index (χ1n) is 8.54. The molecule has 0 spiro atoms. The molecule has 2 bridgehead atoms. The topological polar surface area (TPSA) is 43.9 Å². The van der Waals surface area contributed by atoms with E-state index in [2.05, 4.69) is 4.90 Å². The molecule has 5 nitrogen and oxygen atoms in total. The third-order valence-corrected chi connectivity index (χ3v) is 5.46. The van der Waals surface area contributed by atoms with Crippen LogP contribution >= 0.6 is 0 Å². The number of carbonyl (C=O) groups excluding carboxylic acids is 2. The fourth-order valence-electron chi connectivity index (χ4n) is 4.28. The fraction of sp³-hybridized carbons (Fsp3) is 0.556. The van der Waals surface area contributed by atoms with Gasteiger partial charge in [0.2, 0.25) is 11.8 Å². The zero-order valence-corrected chi connectivity index (χ0v) is 13.4. The monoisotopic (exact) mass is 313 g/mol. The standard InChI is InChI=1S/C18H23N3O2/c22-17-12-20(10-14-4-2-1-3-5-14)13-18(23)21(17)16-11-19-8-6-15(16)7-9-19/h1-5,15-16H,6-13H2/t16-/m1/s1. The molecule has 1 aromatic rings. The Morgan fingerprint density at radius 3 is 2.17 bits per heavy atom. The average molecular weight is 313 g/mol. The molecule has 0 aliphatic carbocycles. The van der Waals surface area contributed by atoms with Crippen LogP contribution in [0, 0.1) is 5.92 Å². The Balaban J connectivity index is 1.44. The molecule has 0 aromatic heterocycles. The minimum atomic E-state index is -0.0177. The number of benzene rings is 1. The van der Waals surface area contributed by atoms with E-state index in [1.54, 1.807) is 4.90 Å². The lowest BCUT2D eigenvalue weighted by atomic mass is 9.82. The molecule has 4 aliphatic rings. The van der Waals surface area contributed by atoms with Gasteiger partial charge in [-0.1, -0.05) is 30.3 Å². The zero-order chi connectivity index (χ0) is 15.8. The van der Waals surface area contributed by atoms with Gasteiger partial charge >= 0.3 is 0 Å². The first-order chi connectivity index (χ1) is 11.2. The van der Waals surface area contributed by atoms with Crippen molar-refractivity contribution in [1.29, 1.82) is 0 Å². The normalized spacial score (nSPS) is 31.7. The fourth-order valence-corrected chi connectivity index (χ4v) is 4.28. The predicted octanol–water partition coefficient (Wildman–Crippen LogP) is 0.952.